The number of aromatic hydroxyl groups is 1. The quantitative estimate of drug-likeness (QED) is 0.0409. The topological polar surface area (TPSA) is 339 Å². The van der Waals surface area contributed by atoms with Gasteiger partial charge < -0.3 is 66.8 Å². The number of aliphatic hydroxyl groups excluding tert-OH is 1. The number of carbonyl (C=O) groups excluding carboxylic acids is 7. The molecule has 23 nitrogen and oxygen atoms in total. The van der Waals surface area contributed by atoms with Gasteiger partial charge >= 0.3 is 12.1 Å². The monoisotopic (exact) mass is 1070 g/mol. The minimum absolute atomic E-state index is 0.00817. The number of likely N-dealkylation sites (tertiary alicyclic amines) is 1. The summed E-state index contributed by atoms with van der Waals surface area (Å²) in [5, 5.41) is 47.5. The standard InChI is InChI=1S/C54H75N11O12/c1-31(2)20-38(45(67)26-46(68)59-39(21-32(3)4)47(69)63-43(52(74)75)23-34-15-17-37(66)18-16-34)60-49(71)41(24-35-27-55-29-57-35)61-48(70)40(22-33-12-9-8-10-13-33)62-50(72)44-14-11-19-65(44)51(73)42(25-36-28-56-30-58-36)64-53(76)77-54(5,6)7/h8-10,12-13,15-18,27-32,38-45,66-67H,11,14,19-26H2,1-7H3,(H,55,57)(H,56,58)(H,59,68)(H,60,71)(H,61,70)(H,62,72)(H,63,69)(H,64,76)(H,74,75)/t38-,39-,40-,41-,42-,43-,44-,45-/m0/s1. The van der Waals surface area contributed by atoms with Gasteiger partial charge in [-0.05, 0) is 81.5 Å². The van der Waals surface area contributed by atoms with E-state index in [0.29, 0.717) is 28.9 Å². The van der Waals surface area contributed by atoms with Gasteiger partial charge in [0.05, 0.1) is 42.6 Å². The second-order valence-corrected chi connectivity index (χ2v) is 21.3. The van der Waals surface area contributed by atoms with E-state index >= 15 is 0 Å². The predicted octanol–water partition coefficient (Wildman–Crippen LogP) is 2.35. The summed E-state index contributed by atoms with van der Waals surface area (Å²) in [5.74, 6) is -5.76. The minimum atomic E-state index is -1.51. The zero-order valence-corrected chi connectivity index (χ0v) is 44.7. The fraction of sp³-hybridized carbons (Fsp3) is 0.519. The maximum atomic E-state index is 14.6. The molecule has 1 aliphatic heterocycles. The van der Waals surface area contributed by atoms with Gasteiger partial charge in [0, 0.05) is 44.6 Å². The summed E-state index contributed by atoms with van der Waals surface area (Å²) >= 11 is 0. The first-order chi connectivity index (χ1) is 36.4. The lowest BCUT2D eigenvalue weighted by atomic mass is 9.95. The van der Waals surface area contributed by atoms with E-state index in [1.807, 2.05) is 27.7 Å². The Morgan fingerprint density at radius 1 is 0.675 bits per heavy atom. The summed E-state index contributed by atoms with van der Waals surface area (Å²) in [6, 6.07) is 6.29. The average Bonchev–Trinajstić information content (AvgIpc) is 4.19. The normalized spacial score (nSPS) is 16.2. The number of rotatable bonds is 27. The molecule has 0 bridgehead atoms. The second kappa shape index (κ2) is 28.4. The zero-order valence-electron chi connectivity index (χ0n) is 44.7. The fourth-order valence-corrected chi connectivity index (χ4v) is 8.92. The molecule has 1 saturated heterocycles. The zero-order chi connectivity index (χ0) is 56.4. The Balaban J connectivity index is 1.32. The molecular formula is C54H75N11O12. The van der Waals surface area contributed by atoms with Crippen LogP contribution >= 0.6 is 0 Å². The summed E-state index contributed by atoms with van der Waals surface area (Å²) in [5.41, 5.74) is 1.22. The van der Waals surface area contributed by atoms with Crippen LogP contribution in [0.5, 0.6) is 5.75 Å². The van der Waals surface area contributed by atoms with Crippen molar-refractivity contribution in [2.45, 2.75) is 160 Å². The van der Waals surface area contributed by atoms with Gasteiger partial charge in [0.1, 0.15) is 47.6 Å². The number of ether oxygens (including phenoxy) is 1. The van der Waals surface area contributed by atoms with Gasteiger partial charge in [-0.1, -0.05) is 70.2 Å². The van der Waals surface area contributed by atoms with Crippen molar-refractivity contribution in [3.05, 3.63) is 102 Å². The van der Waals surface area contributed by atoms with Crippen LogP contribution in [0.1, 0.15) is 103 Å². The maximum Gasteiger partial charge on any atom is 0.408 e. The number of phenols is 1. The third kappa shape index (κ3) is 19.7. The molecule has 7 amide bonds. The minimum Gasteiger partial charge on any atom is -0.508 e. The van der Waals surface area contributed by atoms with Crippen LogP contribution < -0.4 is 31.9 Å². The van der Waals surface area contributed by atoms with Crippen molar-refractivity contribution in [3.8, 4) is 5.75 Å². The number of carbonyl (C=O) groups is 8. The molecule has 0 radical (unpaired) electrons. The van der Waals surface area contributed by atoms with E-state index in [0.717, 1.165) is 0 Å². The number of carboxylic acid groups (broad SMARTS) is 1. The number of aromatic amines is 2. The van der Waals surface area contributed by atoms with E-state index in [4.69, 9.17) is 4.74 Å². The molecule has 0 unspecified atom stereocenters. The highest BCUT2D eigenvalue weighted by Gasteiger charge is 2.40. The molecule has 8 atom stereocenters. The van der Waals surface area contributed by atoms with E-state index in [1.54, 1.807) is 63.5 Å². The highest BCUT2D eigenvalue weighted by molar-refractivity contribution is 5.96. The number of alkyl carbamates (subject to hydrolysis) is 1. The van der Waals surface area contributed by atoms with Crippen LogP contribution in [0.4, 0.5) is 4.79 Å². The van der Waals surface area contributed by atoms with Gasteiger partial charge in [-0.3, -0.25) is 28.8 Å². The van der Waals surface area contributed by atoms with Crippen LogP contribution in [0.2, 0.25) is 0 Å². The highest BCUT2D eigenvalue weighted by atomic mass is 16.6. The van der Waals surface area contributed by atoms with E-state index in [-0.39, 0.29) is 69.1 Å². The first-order valence-electron chi connectivity index (χ1n) is 25.9. The lowest BCUT2D eigenvalue weighted by molar-refractivity contribution is -0.142. The number of carboxylic acids is 1. The van der Waals surface area contributed by atoms with E-state index < -0.39 is 108 Å². The van der Waals surface area contributed by atoms with Gasteiger partial charge in [-0.2, -0.15) is 0 Å². The van der Waals surface area contributed by atoms with E-state index in [1.165, 1.54) is 41.8 Å². The number of amides is 7. The first-order valence-corrected chi connectivity index (χ1v) is 25.9. The fourth-order valence-electron chi connectivity index (χ4n) is 8.92. The molecule has 0 saturated carbocycles. The molecular weight excluding hydrogens is 995 g/mol. The van der Waals surface area contributed by atoms with E-state index in [9.17, 15) is 53.7 Å². The summed E-state index contributed by atoms with van der Waals surface area (Å²) in [6.07, 6.45) is 3.79. The number of nitrogens with one attached hydrogen (secondary N) is 8. The molecule has 0 aliphatic carbocycles. The molecule has 2 aromatic carbocycles. The number of hydrogen-bond acceptors (Lipinski definition) is 13. The smallest absolute Gasteiger partial charge is 0.408 e. The third-order valence-corrected chi connectivity index (χ3v) is 12.6. The Hall–Kier alpha value is -7.82. The molecule has 4 aromatic rings. The number of aliphatic hydroxyl groups is 1. The van der Waals surface area contributed by atoms with Crippen molar-refractivity contribution in [2.24, 2.45) is 11.8 Å². The molecule has 23 heteroatoms. The number of H-pyrrole nitrogens is 2. The van der Waals surface area contributed by atoms with Gasteiger partial charge in [0.15, 0.2) is 0 Å². The molecule has 0 spiro atoms. The average molecular weight is 1070 g/mol. The van der Waals surface area contributed by atoms with Crippen molar-refractivity contribution in [1.29, 1.82) is 0 Å². The van der Waals surface area contributed by atoms with Crippen molar-refractivity contribution in [3.63, 3.8) is 0 Å². The van der Waals surface area contributed by atoms with Gasteiger partial charge in [0.25, 0.3) is 0 Å². The summed E-state index contributed by atoms with van der Waals surface area (Å²) in [7, 11) is 0. The number of aliphatic carboxylic acids is 1. The van der Waals surface area contributed by atoms with Crippen LogP contribution in [0, 0.1) is 11.8 Å². The SMILES string of the molecule is CC(C)C[C@H](NC(=O)C[C@H](O)[C@H](CC(C)C)NC(=O)[C@H](Cc1c[nH]cn1)NC(=O)[C@H](Cc1ccccc1)NC(=O)[C@@H]1CCCN1C(=O)[C@H](Cc1c[nH]cn1)NC(=O)OC(C)(C)C)C(=O)N[C@@H](Cc1ccc(O)cc1)C(=O)O. The molecule has 5 rings (SSSR count). The van der Waals surface area contributed by atoms with Crippen molar-refractivity contribution < 1.29 is 58.4 Å². The number of benzene rings is 2. The Kier molecular flexibility index (Phi) is 22.1. The molecule has 2 aromatic heterocycles. The lowest BCUT2D eigenvalue weighted by Gasteiger charge is -2.31. The highest BCUT2D eigenvalue weighted by Crippen LogP contribution is 2.22. The van der Waals surface area contributed by atoms with Crippen LogP contribution in [0.15, 0.2) is 79.6 Å². The van der Waals surface area contributed by atoms with Crippen LogP contribution in [0.3, 0.4) is 0 Å². The Labute approximate surface area is 447 Å². The van der Waals surface area contributed by atoms with Gasteiger partial charge in [-0.15, -0.1) is 0 Å². The van der Waals surface area contributed by atoms with Crippen molar-refractivity contribution in [1.82, 2.24) is 56.7 Å². The molecule has 418 valence electrons. The van der Waals surface area contributed by atoms with Gasteiger partial charge in [0.2, 0.25) is 35.4 Å². The largest absolute Gasteiger partial charge is 0.508 e. The second-order valence-electron chi connectivity index (χ2n) is 21.3. The van der Waals surface area contributed by atoms with Crippen molar-refractivity contribution >= 4 is 47.5 Å². The Morgan fingerprint density at radius 2 is 1.22 bits per heavy atom. The lowest BCUT2D eigenvalue weighted by Crippen LogP contribution is -2.60. The maximum absolute atomic E-state index is 14.6. The molecule has 3 heterocycles. The third-order valence-electron chi connectivity index (χ3n) is 12.6. The number of imidazole rings is 2. The van der Waals surface area contributed by atoms with Gasteiger partial charge in [-0.25, -0.2) is 19.6 Å². The summed E-state index contributed by atoms with van der Waals surface area (Å²) < 4.78 is 5.45. The van der Waals surface area contributed by atoms with Crippen molar-refractivity contribution in [2.75, 3.05) is 6.54 Å². The molecule has 1 fully saturated rings. The summed E-state index contributed by atoms with van der Waals surface area (Å²) in [6.45, 7) is 12.6. The predicted molar refractivity (Wildman–Crippen MR) is 281 cm³/mol. The number of nitrogens with zero attached hydrogens (tertiary/aromatic N) is 3. The van der Waals surface area contributed by atoms with E-state index in [2.05, 4.69) is 51.8 Å². The Morgan fingerprint density at radius 3 is 1.79 bits per heavy atom. The molecule has 77 heavy (non-hydrogen) atoms. The first kappa shape index (κ1) is 60.0. The number of aromatic nitrogens is 4. The van der Waals surface area contributed by atoms with Crippen LogP contribution in [0.25, 0.3) is 0 Å². The summed E-state index contributed by atoms with van der Waals surface area (Å²) in [4.78, 5) is 126. The molecule has 1 aliphatic rings. The number of hydrogen-bond donors (Lipinski definition) is 11. The Bertz CT molecular complexity index is 2570. The molecule has 11 N–H and O–H groups in total. The van der Waals surface area contributed by atoms with Crippen LogP contribution in [-0.4, -0.2) is 148 Å². The van der Waals surface area contributed by atoms with Crippen LogP contribution in [-0.2, 0) is 64.0 Å². The number of phenolic OH excluding ortho intramolecular Hbond substituents is 1.